The average Bonchev–Trinajstić information content (AvgIpc) is 3.11. The fourth-order valence-corrected chi connectivity index (χ4v) is 6.50. The molecule has 37 heavy (non-hydrogen) atoms. The highest BCUT2D eigenvalue weighted by Crippen LogP contribution is 2.67. The maximum absolute atomic E-state index is 12.7. The van der Waals surface area contributed by atoms with Crippen molar-refractivity contribution in [3.05, 3.63) is 36.0 Å². The monoisotopic (exact) mass is 518 g/mol. The topological polar surface area (TPSA) is 97.4 Å². The van der Waals surface area contributed by atoms with Crippen molar-refractivity contribution in [2.75, 3.05) is 7.11 Å². The minimum atomic E-state index is -1.03. The first-order valence-electron chi connectivity index (χ1n) is 13.2. The van der Waals surface area contributed by atoms with Crippen molar-refractivity contribution in [1.82, 2.24) is 0 Å². The molecule has 0 aromatic heterocycles. The maximum atomic E-state index is 12.7. The number of allylic oxidation sites excluding steroid dienone is 3. The molecule has 0 radical (unpaired) electrons. The van der Waals surface area contributed by atoms with Crippen LogP contribution < -0.4 is 0 Å². The summed E-state index contributed by atoms with van der Waals surface area (Å²) < 4.78 is 29.5. The van der Waals surface area contributed by atoms with Crippen molar-refractivity contribution >= 4 is 17.9 Å². The molecule has 2 aliphatic carbocycles. The Balaban J connectivity index is 2.23. The molecule has 2 fully saturated rings. The van der Waals surface area contributed by atoms with Crippen LogP contribution in [0.25, 0.3) is 0 Å². The zero-order chi connectivity index (χ0) is 27.5. The van der Waals surface area contributed by atoms with E-state index in [0.29, 0.717) is 37.7 Å². The summed E-state index contributed by atoms with van der Waals surface area (Å²) in [4.78, 5) is 37.0. The molecule has 8 heteroatoms. The van der Waals surface area contributed by atoms with Crippen LogP contribution in [0.15, 0.2) is 36.0 Å². The number of carbonyl (C=O) groups excluding carboxylic acids is 3. The predicted molar refractivity (Wildman–Crippen MR) is 137 cm³/mol. The van der Waals surface area contributed by atoms with Gasteiger partial charge in [0.25, 0.3) is 0 Å². The van der Waals surface area contributed by atoms with Crippen LogP contribution in [0.4, 0.5) is 0 Å². The molecule has 0 aromatic rings. The van der Waals surface area contributed by atoms with E-state index < -0.39 is 41.5 Å². The molecule has 8 nitrogen and oxygen atoms in total. The van der Waals surface area contributed by atoms with Gasteiger partial charge in [0.1, 0.15) is 6.10 Å². The molecule has 0 amide bonds. The minimum Gasteiger partial charge on any atom is -0.462 e. The number of hydrogen-bond donors (Lipinski definition) is 0. The Morgan fingerprint density at radius 1 is 1.16 bits per heavy atom. The highest BCUT2D eigenvalue weighted by Gasteiger charge is 2.70. The van der Waals surface area contributed by atoms with E-state index in [4.69, 9.17) is 23.7 Å². The van der Waals surface area contributed by atoms with Crippen LogP contribution in [0.5, 0.6) is 0 Å². The van der Waals surface area contributed by atoms with Gasteiger partial charge >= 0.3 is 17.9 Å². The Hall–Kier alpha value is -2.45. The van der Waals surface area contributed by atoms with E-state index in [1.54, 1.807) is 7.11 Å². The van der Waals surface area contributed by atoms with E-state index in [2.05, 4.69) is 26.5 Å². The zero-order valence-corrected chi connectivity index (χ0v) is 23.2. The second-order valence-electron chi connectivity index (χ2n) is 10.9. The van der Waals surface area contributed by atoms with Gasteiger partial charge in [-0.15, -0.1) is 0 Å². The number of rotatable bonds is 9. The summed E-state index contributed by atoms with van der Waals surface area (Å²) in [5, 5.41) is 0. The van der Waals surface area contributed by atoms with Crippen molar-refractivity contribution in [1.29, 1.82) is 0 Å². The molecule has 8 atom stereocenters. The minimum absolute atomic E-state index is 0.0274. The van der Waals surface area contributed by atoms with Gasteiger partial charge in [0.15, 0.2) is 0 Å². The van der Waals surface area contributed by atoms with Gasteiger partial charge in [-0.25, -0.2) is 0 Å². The Labute approximate surface area is 220 Å². The summed E-state index contributed by atoms with van der Waals surface area (Å²) in [7, 11) is 1.65. The van der Waals surface area contributed by atoms with Crippen LogP contribution in [0.2, 0.25) is 0 Å². The standard InChI is InChI=1S/C29H42O8/c1-9-11-25(32)36-23-16-29-22(26(34-19(5)30)37-27(29)35-20(6)31)14-21(33-8)15-24(29)28(7,18(23)4)13-12-17(3)10-2/h10,12,14,18,21,23-24,26-27H,2,9,11,13,15-16H2,1,3-8H3/b17-12-/t18-,21+,23+,24+,26+,27-,28+,29-/m1/s1. The average molecular weight is 519 g/mol. The fraction of sp³-hybridized carbons (Fsp3) is 0.690. The molecule has 3 rings (SSSR count). The van der Waals surface area contributed by atoms with E-state index in [0.717, 1.165) is 5.57 Å². The van der Waals surface area contributed by atoms with Crippen LogP contribution in [0, 0.1) is 22.7 Å². The molecule has 1 aliphatic heterocycles. The SMILES string of the molecule is C=C/C(C)=C\C[C@@]1(C)[C@H](C)[C@@H](OC(=O)CCC)C[C@@]23C(=C[C@H](OC)C[C@@H]12)[C@@H](OC(C)=O)O[C@H]3OC(C)=O. The fourth-order valence-electron chi connectivity index (χ4n) is 6.50. The number of hydrogen-bond acceptors (Lipinski definition) is 8. The normalized spacial score (nSPS) is 37.1. The van der Waals surface area contributed by atoms with Gasteiger partial charge in [-0.1, -0.05) is 45.1 Å². The lowest BCUT2D eigenvalue weighted by Gasteiger charge is -2.60. The Morgan fingerprint density at radius 2 is 1.84 bits per heavy atom. The second kappa shape index (κ2) is 11.5. The summed E-state index contributed by atoms with van der Waals surface area (Å²) in [5.41, 5.74) is 0.466. The lowest BCUT2D eigenvalue weighted by atomic mass is 9.45. The van der Waals surface area contributed by atoms with Crippen LogP contribution in [-0.2, 0) is 38.1 Å². The van der Waals surface area contributed by atoms with E-state index in [9.17, 15) is 14.4 Å². The third-order valence-corrected chi connectivity index (χ3v) is 8.62. The Bertz CT molecular complexity index is 967. The number of carbonyl (C=O) groups is 3. The highest BCUT2D eigenvalue weighted by atomic mass is 16.8. The predicted octanol–water partition coefficient (Wildman–Crippen LogP) is 5.02. The smallest absolute Gasteiger partial charge is 0.306 e. The molecule has 0 unspecified atom stereocenters. The molecule has 0 aromatic carbocycles. The first kappa shape index (κ1) is 29.1. The van der Waals surface area contributed by atoms with E-state index in [-0.39, 0.29) is 23.9 Å². The zero-order valence-electron chi connectivity index (χ0n) is 23.2. The second-order valence-corrected chi connectivity index (χ2v) is 10.9. The summed E-state index contributed by atoms with van der Waals surface area (Å²) in [5.74, 6) is -1.40. The van der Waals surface area contributed by atoms with Gasteiger partial charge in [-0.2, -0.15) is 0 Å². The van der Waals surface area contributed by atoms with Crippen LogP contribution in [-0.4, -0.2) is 49.8 Å². The van der Waals surface area contributed by atoms with Crippen LogP contribution in [0.1, 0.15) is 73.6 Å². The van der Waals surface area contributed by atoms with Crippen molar-refractivity contribution in [2.45, 2.75) is 98.4 Å². The number of ether oxygens (including phenoxy) is 5. The quantitative estimate of drug-likeness (QED) is 0.182. The summed E-state index contributed by atoms with van der Waals surface area (Å²) in [6.07, 6.45) is 5.84. The van der Waals surface area contributed by atoms with Gasteiger partial charge in [-0.05, 0) is 49.5 Å². The molecule has 206 valence electrons. The van der Waals surface area contributed by atoms with Crippen LogP contribution >= 0.6 is 0 Å². The van der Waals surface area contributed by atoms with Crippen molar-refractivity contribution in [2.24, 2.45) is 22.7 Å². The van der Waals surface area contributed by atoms with Crippen molar-refractivity contribution in [3.63, 3.8) is 0 Å². The van der Waals surface area contributed by atoms with E-state index in [1.165, 1.54) is 13.8 Å². The van der Waals surface area contributed by atoms with Gasteiger partial charge in [0.05, 0.1) is 11.5 Å². The molecular formula is C29H42O8. The van der Waals surface area contributed by atoms with E-state index in [1.807, 2.05) is 26.0 Å². The molecule has 1 heterocycles. The third-order valence-electron chi connectivity index (χ3n) is 8.62. The number of methoxy groups -OCH3 is 1. The van der Waals surface area contributed by atoms with Gasteiger partial charge in [0, 0.05) is 39.4 Å². The molecule has 3 aliphatic rings. The first-order valence-corrected chi connectivity index (χ1v) is 13.2. The summed E-state index contributed by atoms with van der Waals surface area (Å²) in [6.45, 7) is 14.8. The van der Waals surface area contributed by atoms with Crippen molar-refractivity contribution in [3.8, 4) is 0 Å². The van der Waals surface area contributed by atoms with Gasteiger partial charge < -0.3 is 18.9 Å². The molecule has 0 N–H and O–H groups in total. The molecular weight excluding hydrogens is 476 g/mol. The largest absolute Gasteiger partial charge is 0.462 e. The molecule has 1 spiro atoms. The lowest BCUT2D eigenvalue weighted by molar-refractivity contribution is -0.246. The van der Waals surface area contributed by atoms with Gasteiger partial charge in [-0.3, -0.25) is 19.1 Å². The summed E-state index contributed by atoms with van der Waals surface area (Å²) >= 11 is 0. The molecule has 0 bridgehead atoms. The third kappa shape index (κ3) is 5.55. The van der Waals surface area contributed by atoms with Gasteiger partial charge in [0.2, 0.25) is 12.6 Å². The van der Waals surface area contributed by atoms with Crippen molar-refractivity contribution < 1.29 is 38.1 Å². The number of esters is 3. The molecule has 1 saturated carbocycles. The first-order chi connectivity index (χ1) is 17.4. The lowest BCUT2D eigenvalue weighted by Crippen LogP contribution is -2.61. The highest BCUT2D eigenvalue weighted by molar-refractivity contribution is 5.69. The summed E-state index contributed by atoms with van der Waals surface area (Å²) in [6, 6.07) is 0. The Morgan fingerprint density at radius 3 is 2.41 bits per heavy atom. The van der Waals surface area contributed by atoms with E-state index >= 15 is 0 Å². The maximum Gasteiger partial charge on any atom is 0.306 e. The van der Waals surface area contributed by atoms with Crippen LogP contribution in [0.3, 0.4) is 0 Å². The molecule has 1 saturated heterocycles. The Kier molecular flexibility index (Phi) is 9.06.